The van der Waals surface area contributed by atoms with Crippen molar-refractivity contribution in [2.45, 2.75) is 26.4 Å². The Balaban J connectivity index is 2.04. The van der Waals surface area contributed by atoms with Crippen LogP contribution in [0.1, 0.15) is 34.0 Å². The largest absolute Gasteiger partial charge is 0.348 e. The Morgan fingerprint density at radius 2 is 1.85 bits per heavy atom. The minimum absolute atomic E-state index is 0.0272. The van der Waals surface area contributed by atoms with E-state index < -0.39 is 0 Å². The van der Waals surface area contributed by atoms with Gasteiger partial charge in [0.2, 0.25) is 0 Å². The van der Waals surface area contributed by atoms with Gasteiger partial charge in [0.15, 0.2) is 0 Å². The number of nitrogens with two attached hydrogens (primary N) is 1. The van der Waals surface area contributed by atoms with Crippen molar-refractivity contribution in [2.24, 2.45) is 5.73 Å². The summed E-state index contributed by atoms with van der Waals surface area (Å²) in [4.78, 5) is 12.2. The summed E-state index contributed by atoms with van der Waals surface area (Å²) in [5.41, 5.74) is 9.58. The average molecular weight is 268 g/mol. The van der Waals surface area contributed by atoms with Gasteiger partial charge in [0, 0.05) is 18.7 Å². The molecule has 1 amide bonds. The molecule has 3 N–H and O–H groups in total. The molecule has 0 spiro atoms. The second kappa shape index (κ2) is 6.87. The third-order valence-corrected chi connectivity index (χ3v) is 3.32. The first-order valence-corrected chi connectivity index (χ1v) is 6.88. The summed E-state index contributed by atoms with van der Waals surface area (Å²) in [6.07, 6.45) is 0.853. The van der Waals surface area contributed by atoms with E-state index in [9.17, 15) is 4.79 Å². The standard InChI is InChI=1S/C17H20N2O/c1-2-15-8-3-4-9-16(15)17(20)19-12-14-7-5-6-13(10-14)11-18/h3-10H,2,11-12,18H2,1H3,(H,19,20). The van der Waals surface area contributed by atoms with Gasteiger partial charge < -0.3 is 11.1 Å². The first-order valence-electron chi connectivity index (χ1n) is 6.88. The zero-order valence-corrected chi connectivity index (χ0v) is 11.7. The lowest BCUT2D eigenvalue weighted by molar-refractivity contribution is 0.0950. The van der Waals surface area contributed by atoms with Crippen LogP contribution in [0.15, 0.2) is 48.5 Å². The highest BCUT2D eigenvalue weighted by Gasteiger charge is 2.09. The summed E-state index contributed by atoms with van der Waals surface area (Å²) < 4.78 is 0. The summed E-state index contributed by atoms with van der Waals surface area (Å²) in [6, 6.07) is 15.7. The van der Waals surface area contributed by atoms with Crippen LogP contribution >= 0.6 is 0 Å². The quantitative estimate of drug-likeness (QED) is 0.876. The number of benzene rings is 2. The number of hydrogen-bond donors (Lipinski definition) is 2. The van der Waals surface area contributed by atoms with Gasteiger partial charge in [-0.25, -0.2) is 0 Å². The Morgan fingerprint density at radius 1 is 1.10 bits per heavy atom. The SMILES string of the molecule is CCc1ccccc1C(=O)NCc1cccc(CN)c1. The molecule has 0 saturated carbocycles. The molecule has 0 bridgehead atoms. The molecule has 0 atom stereocenters. The van der Waals surface area contributed by atoms with Crippen LogP contribution in [0.5, 0.6) is 0 Å². The molecule has 3 heteroatoms. The third kappa shape index (κ3) is 3.45. The minimum Gasteiger partial charge on any atom is -0.348 e. The molecule has 0 aliphatic rings. The van der Waals surface area contributed by atoms with Gasteiger partial charge in [0.1, 0.15) is 0 Å². The number of nitrogens with one attached hydrogen (secondary N) is 1. The Hall–Kier alpha value is -2.13. The molecule has 0 unspecified atom stereocenters. The van der Waals surface area contributed by atoms with Crippen LogP contribution in [-0.4, -0.2) is 5.91 Å². The van der Waals surface area contributed by atoms with Gasteiger partial charge >= 0.3 is 0 Å². The molecule has 0 aliphatic heterocycles. The lowest BCUT2D eigenvalue weighted by Gasteiger charge is -2.09. The van der Waals surface area contributed by atoms with E-state index in [4.69, 9.17) is 5.73 Å². The zero-order valence-electron chi connectivity index (χ0n) is 11.7. The van der Waals surface area contributed by atoms with Crippen molar-refractivity contribution in [3.63, 3.8) is 0 Å². The highest BCUT2D eigenvalue weighted by molar-refractivity contribution is 5.95. The Bertz CT molecular complexity index is 593. The molecular formula is C17H20N2O. The van der Waals surface area contributed by atoms with E-state index in [2.05, 4.69) is 12.2 Å². The van der Waals surface area contributed by atoms with Crippen molar-refractivity contribution >= 4 is 5.91 Å². The minimum atomic E-state index is -0.0272. The van der Waals surface area contributed by atoms with Gasteiger partial charge in [0.05, 0.1) is 0 Å². The number of amides is 1. The molecule has 2 rings (SSSR count). The van der Waals surface area contributed by atoms with Gasteiger partial charge in [-0.15, -0.1) is 0 Å². The highest BCUT2D eigenvalue weighted by atomic mass is 16.1. The monoisotopic (exact) mass is 268 g/mol. The maximum absolute atomic E-state index is 12.2. The Labute approximate surface area is 119 Å². The molecule has 0 aromatic heterocycles. The molecule has 2 aromatic carbocycles. The van der Waals surface area contributed by atoms with Gasteiger partial charge in [-0.05, 0) is 29.2 Å². The molecule has 2 aromatic rings. The van der Waals surface area contributed by atoms with Crippen LogP contribution in [0.4, 0.5) is 0 Å². The van der Waals surface area contributed by atoms with Gasteiger partial charge in [-0.1, -0.05) is 49.4 Å². The molecule has 0 heterocycles. The fourth-order valence-corrected chi connectivity index (χ4v) is 2.19. The third-order valence-electron chi connectivity index (χ3n) is 3.32. The van der Waals surface area contributed by atoms with E-state index >= 15 is 0 Å². The lowest BCUT2D eigenvalue weighted by atomic mass is 10.0. The van der Waals surface area contributed by atoms with Crippen molar-refractivity contribution in [2.75, 3.05) is 0 Å². The number of hydrogen-bond acceptors (Lipinski definition) is 2. The molecule has 0 fully saturated rings. The predicted octanol–water partition coefficient (Wildman–Crippen LogP) is 2.64. The maximum atomic E-state index is 12.2. The predicted molar refractivity (Wildman–Crippen MR) is 81.3 cm³/mol. The van der Waals surface area contributed by atoms with Gasteiger partial charge in [-0.2, -0.15) is 0 Å². The summed E-state index contributed by atoms with van der Waals surface area (Å²) >= 11 is 0. The Kier molecular flexibility index (Phi) is 4.91. The van der Waals surface area contributed by atoms with Crippen molar-refractivity contribution in [3.8, 4) is 0 Å². The molecule has 3 nitrogen and oxygen atoms in total. The van der Waals surface area contributed by atoms with Crippen molar-refractivity contribution < 1.29 is 4.79 Å². The summed E-state index contributed by atoms with van der Waals surface area (Å²) in [5.74, 6) is -0.0272. The average Bonchev–Trinajstić information content (AvgIpc) is 2.52. The smallest absolute Gasteiger partial charge is 0.251 e. The number of carbonyl (C=O) groups is 1. The van der Waals surface area contributed by atoms with Crippen LogP contribution in [-0.2, 0) is 19.5 Å². The fourth-order valence-electron chi connectivity index (χ4n) is 2.19. The van der Waals surface area contributed by atoms with Crippen LogP contribution in [0, 0.1) is 0 Å². The van der Waals surface area contributed by atoms with Crippen LogP contribution in [0.2, 0.25) is 0 Å². The highest BCUT2D eigenvalue weighted by Crippen LogP contribution is 2.10. The summed E-state index contributed by atoms with van der Waals surface area (Å²) in [7, 11) is 0. The first kappa shape index (κ1) is 14.3. The van der Waals surface area contributed by atoms with Crippen molar-refractivity contribution in [3.05, 3.63) is 70.8 Å². The van der Waals surface area contributed by atoms with Gasteiger partial charge in [-0.3, -0.25) is 4.79 Å². The fraction of sp³-hybridized carbons (Fsp3) is 0.235. The second-order valence-electron chi connectivity index (χ2n) is 4.72. The molecule has 0 radical (unpaired) electrons. The summed E-state index contributed by atoms with van der Waals surface area (Å²) in [6.45, 7) is 3.09. The van der Waals surface area contributed by atoms with E-state index in [1.54, 1.807) is 0 Å². The molecule has 104 valence electrons. The van der Waals surface area contributed by atoms with E-state index in [-0.39, 0.29) is 5.91 Å². The second-order valence-corrected chi connectivity index (χ2v) is 4.72. The normalized spacial score (nSPS) is 10.3. The zero-order chi connectivity index (χ0) is 14.4. The molecular weight excluding hydrogens is 248 g/mol. The van der Waals surface area contributed by atoms with Crippen LogP contribution in [0.3, 0.4) is 0 Å². The number of rotatable bonds is 5. The topological polar surface area (TPSA) is 55.1 Å². The first-order chi connectivity index (χ1) is 9.74. The van der Waals surface area contributed by atoms with E-state index in [0.717, 1.165) is 28.7 Å². The number of aryl methyl sites for hydroxylation is 1. The van der Waals surface area contributed by atoms with E-state index in [1.807, 2.05) is 48.5 Å². The van der Waals surface area contributed by atoms with Crippen LogP contribution in [0.25, 0.3) is 0 Å². The molecule has 0 saturated heterocycles. The van der Waals surface area contributed by atoms with E-state index in [1.165, 1.54) is 0 Å². The van der Waals surface area contributed by atoms with Crippen molar-refractivity contribution in [1.82, 2.24) is 5.32 Å². The van der Waals surface area contributed by atoms with E-state index in [0.29, 0.717) is 13.1 Å². The summed E-state index contributed by atoms with van der Waals surface area (Å²) in [5, 5.41) is 2.96. The van der Waals surface area contributed by atoms with Gasteiger partial charge in [0.25, 0.3) is 5.91 Å². The number of carbonyl (C=O) groups excluding carboxylic acids is 1. The molecule has 0 aliphatic carbocycles. The molecule has 20 heavy (non-hydrogen) atoms. The van der Waals surface area contributed by atoms with Crippen molar-refractivity contribution in [1.29, 1.82) is 0 Å². The lowest BCUT2D eigenvalue weighted by Crippen LogP contribution is -2.24. The maximum Gasteiger partial charge on any atom is 0.251 e. The van der Waals surface area contributed by atoms with Crippen LogP contribution < -0.4 is 11.1 Å². The Morgan fingerprint density at radius 3 is 2.60 bits per heavy atom.